The molecule has 5 heteroatoms. The third-order valence-electron chi connectivity index (χ3n) is 3.06. The van der Waals surface area contributed by atoms with Gasteiger partial charge < -0.3 is 11.1 Å². The first-order valence-electron chi connectivity index (χ1n) is 6.31. The van der Waals surface area contributed by atoms with Gasteiger partial charge in [0.25, 0.3) is 0 Å². The fourth-order valence-corrected chi connectivity index (χ4v) is 2.25. The molecule has 1 aliphatic carbocycles. The van der Waals surface area contributed by atoms with Crippen LogP contribution in [0.25, 0.3) is 0 Å². The van der Waals surface area contributed by atoms with Gasteiger partial charge in [-0.15, -0.1) is 0 Å². The highest BCUT2D eigenvalue weighted by Crippen LogP contribution is 2.20. The summed E-state index contributed by atoms with van der Waals surface area (Å²) in [7, 11) is 0. The summed E-state index contributed by atoms with van der Waals surface area (Å²) in [5.41, 5.74) is 5.89. The predicted molar refractivity (Wildman–Crippen MR) is 68.7 cm³/mol. The molecule has 17 heavy (non-hydrogen) atoms. The second kappa shape index (κ2) is 5.70. The number of nitrogens with one attached hydrogen (secondary N) is 1. The number of hydrogen-bond acceptors (Lipinski definition) is 2. The molecule has 0 aromatic carbocycles. The zero-order chi connectivity index (χ0) is 12.1. The van der Waals surface area contributed by atoms with Crippen LogP contribution in [-0.4, -0.2) is 27.8 Å². The van der Waals surface area contributed by atoms with Gasteiger partial charge >= 0.3 is 0 Å². The maximum atomic E-state index is 5.89. The van der Waals surface area contributed by atoms with E-state index in [0.29, 0.717) is 12.0 Å². The van der Waals surface area contributed by atoms with Gasteiger partial charge in [0.1, 0.15) is 0 Å². The summed E-state index contributed by atoms with van der Waals surface area (Å²) in [5.74, 6) is 0.566. The van der Waals surface area contributed by atoms with Crippen molar-refractivity contribution in [2.24, 2.45) is 10.7 Å². The molecule has 2 rings (SSSR count). The van der Waals surface area contributed by atoms with Crippen molar-refractivity contribution in [3.05, 3.63) is 18.5 Å². The van der Waals surface area contributed by atoms with Gasteiger partial charge in [0, 0.05) is 18.4 Å². The second-order valence-corrected chi connectivity index (χ2v) is 4.73. The predicted octanol–water partition coefficient (Wildman–Crippen LogP) is 1.12. The van der Waals surface area contributed by atoms with Crippen molar-refractivity contribution in [2.45, 2.75) is 51.2 Å². The Balaban J connectivity index is 1.79. The molecule has 1 atom stereocenters. The van der Waals surface area contributed by atoms with E-state index in [1.165, 1.54) is 25.7 Å². The molecule has 0 radical (unpaired) electrons. The summed E-state index contributed by atoms with van der Waals surface area (Å²) in [4.78, 5) is 4.50. The maximum absolute atomic E-state index is 5.89. The number of aromatic nitrogens is 2. The van der Waals surface area contributed by atoms with Gasteiger partial charge in [0.05, 0.1) is 12.6 Å². The zero-order valence-electron chi connectivity index (χ0n) is 10.3. The lowest BCUT2D eigenvalue weighted by Crippen LogP contribution is -2.41. The van der Waals surface area contributed by atoms with Gasteiger partial charge in [-0.3, -0.25) is 9.67 Å². The first kappa shape index (κ1) is 12.0. The first-order valence-corrected chi connectivity index (χ1v) is 6.31. The van der Waals surface area contributed by atoms with Crippen LogP contribution in [0.15, 0.2) is 23.5 Å². The molecule has 0 amide bonds. The van der Waals surface area contributed by atoms with Crippen molar-refractivity contribution in [3.63, 3.8) is 0 Å². The smallest absolute Gasteiger partial charge is 0.189 e. The lowest BCUT2D eigenvalue weighted by atomic mass is 10.3. The summed E-state index contributed by atoms with van der Waals surface area (Å²) in [6.45, 7) is 2.88. The first-order chi connectivity index (χ1) is 8.24. The van der Waals surface area contributed by atoms with Crippen molar-refractivity contribution in [1.29, 1.82) is 0 Å². The van der Waals surface area contributed by atoms with Crippen LogP contribution in [0, 0.1) is 0 Å². The Bertz CT molecular complexity index is 351. The van der Waals surface area contributed by atoms with E-state index in [0.717, 1.165) is 6.54 Å². The molecule has 0 bridgehead atoms. The molecule has 1 saturated carbocycles. The third kappa shape index (κ3) is 3.76. The van der Waals surface area contributed by atoms with Crippen LogP contribution in [0.1, 0.15) is 32.6 Å². The number of nitrogens with zero attached hydrogens (tertiary/aromatic N) is 3. The Hall–Kier alpha value is -1.52. The van der Waals surface area contributed by atoms with Gasteiger partial charge in [0.15, 0.2) is 5.96 Å². The molecule has 1 aromatic heterocycles. The normalized spacial score (nSPS) is 19.5. The average Bonchev–Trinajstić information content (AvgIpc) is 2.90. The standard InChI is InChI=1S/C12H21N5/c1-10(9-17-8-4-7-14-17)15-12(13)16-11-5-2-3-6-11/h4,7-8,10-11H,2-3,5-6,9H2,1H3,(H3,13,15,16). The molecule has 1 unspecified atom stereocenters. The van der Waals surface area contributed by atoms with E-state index >= 15 is 0 Å². The van der Waals surface area contributed by atoms with Crippen LogP contribution in [0.4, 0.5) is 0 Å². The molecular weight excluding hydrogens is 214 g/mol. The van der Waals surface area contributed by atoms with Crippen molar-refractivity contribution in [1.82, 2.24) is 15.1 Å². The Labute approximate surface area is 102 Å². The lowest BCUT2D eigenvalue weighted by molar-refractivity contribution is 0.502. The van der Waals surface area contributed by atoms with E-state index in [1.54, 1.807) is 6.20 Å². The maximum Gasteiger partial charge on any atom is 0.189 e. The van der Waals surface area contributed by atoms with Crippen molar-refractivity contribution in [3.8, 4) is 0 Å². The van der Waals surface area contributed by atoms with Crippen LogP contribution < -0.4 is 11.1 Å². The van der Waals surface area contributed by atoms with Gasteiger partial charge in [-0.1, -0.05) is 12.8 Å². The fourth-order valence-electron chi connectivity index (χ4n) is 2.25. The molecule has 5 nitrogen and oxygen atoms in total. The fraction of sp³-hybridized carbons (Fsp3) is 0.667. The number of nitrogens with two attached hydrogens (primary N) is 1. The Morgan fingerprint density at radius 3 is 3.00 bits per heavy atom. The van der Waals surface area contributed by atoms with Crippen LogP contribution >= 0.6 is 0 Å². The number of guanidine groups is 1. The van der Waals surface area contributed by atoms with E-state index in [4.69, 9.17) is 5.73 Å². The summed E-state index contributed by atoms with van der Waals surface area (Å²) >= 11 is 0. The summed E-state index contributed by atoms with van der Waals surface area (Å²) < 4.78 is 1.89. The highest BCUT2D eigenvalue weighted by atomic mass is 15.3. The molecule has 0 saturated heterocycles. The topological polar surface area (TPSA) is 68.2 Å². The molecule has 1 aliphatic rings. The van der Waals surface area contributed by atoms with Crippen molar-refractivity contribution in [2.75, 3.05) is 0 Å². The molecule has 1 fully saturated rings. The van der Waals surface area contributed by atoms with Crippen molar-refractivity contribution >= 4 is 5.96 Å². The van der Waals surface area contributed by atoms with E-state index in [2.05, 4.69) is 22.3 Å². The number of aliphatic imine (C=N–C) groups is 1. The lowest BCUT2D eigenvalue weighted by Gasteiger charge is -2.15. The summed E-state index contributed by atoms with van der Waals surface area (Å²) in [6.07, 6.45) is 8.64. The zero-order valence-corrected chi connectivity index (χ0v) is 10.3. The number of rotatable bonds is 4. The highest BCUT2D eigenvalue weighted by molar-refractivity contribution is 5.78. The van der Waals surface area contributed by atoms with Crippen molar-refractivity contribution < 1.29 is 0 Å². The molecule has 3 N–H and O–H groups in total. The summed E-state index contributed by atoms with van der Waals surface area (Å²) in [6, 6.07) is 2.59. The van der Waals surface area contributed by atoms with Gasteiger partial charge in [-0.2, -0.15) is 5.10 Å². The molecular formula is C12H21N5. The van der Waals surface area contributed by atoms with Crippen LogP contribution in [-0.2, 0) is 6.54 Å². The molecule has 1 heterocycles. The minimum absolute atomic E-state index is 0.236. The van der Waals surface area contributed by atoms with Gasteiger partial charge in [0.2, 0.25) is 0 Å². The van der Waals surface area contributed by atoms with Crippen LogP contribution in [0.5, 0.6) is 0 Å². The van der Waals surface area contributed by atoms with E-state index in [1.807, 2.05) is 16.9 Å². The second-order valence-electron chi connectivity index (χ2n) is 4.73. The third-order valence-corrected chi connectivity index (χ3v) is 3.06. The Morgan fingerprint density at radius 1 is 1.59 bits per heavy atom. The number of hydrogen-bond donors (Lipinski definition) is 2. The molecule has 0 spiro atoms. The average molecular weight is 235 g/mol. The minimum Gasteiger partial charge on any atom is -0.370 e. The monoisotopic (exact) mass is 235 g/mol. The molecule has 0 aliphatic heterocycles. The van der Waals surface area contributed by atoms with Gasteiger partial charge in [-0.25, -0.2) is 0 Å². The van der Waals surface area contributed by atoms with Crippen LogP contribution in [0.2, 0.25) is 0 Å². The highest BCUT2D eigenvalue weighted by Gasteiger charge is 2.14. The Morgan fingerprint density at radius 2 is 2.35 bits per heavy atom. The minimum atomic E-state index is 0.236. The quantitative estimate of drug-likeness (QED) is 0.607. The van der Waals surface area contributed by atoms with E-state index in [9.17, 15) is 0 Å². The van der Waals surface area contributed by atoms with E-state index < -0.39 is 0 Å². The van der Waals surface area contributed by atoms with Crippen LogP contribution in [0.3, 0.4) is 0 Å². The summed E-state index contributed by atoms with van der Waals surface area (Å²) in [5, 5.41) is 7.37. The largest absolute Gasteiger partial charge is 0.370 e. The molecule has 1 aromatic rings. The van der Waals surface area contributed by atoms with E-state index in [-0.39, 0.29) is 6.04 Å². The van der Waals surface area contributed by atoms with Gasteiger partial charge in [-0.05, 0) is 25.8 Å². The SMILES string of the molecule is CC(Cn1cccn1)NC(N)=NC1CCCC1. The Kier molecular flexibility index (Phi) is 4.01. The molecule has 94 valence electrons.